The highest BCUT2D eigenvalue weighted by Gasteiger charge is 2.17. The van der Waals surface area contributed by atoms with E-state index in [-0.39, 0.29) is 0 Å². The van der Waals surface area contributed by atoms with E-state index in [4.69, 9.17) is 16.0 Å². The normalized spacial score (nSPS) is 11.3. The molecule has 0 saturated carbocycles. The summed E-state index contributed by atoms with van der Waals surface area (Å²) < 4.78 is 7.60. The smallest absolute Gasteiger partial charge is 0.192 e. The minimum atomic E-state index is 0.507. The van der Waals surface area contributed by atoms with Crippen LogP contribution in [0, 0.1) is 0 Å². The molecular formula is C23H18ClN5OS2. The summed E-state index contributed by atoms with van der Waals surface area (Å²) in [6, 6.07) is 16.0. The first-order chi connectivity index (χ1) is 15.7. The maximum Gasteiger partial charge on any atom is 0.192 e. The Bertz CT molecular complexity index is 1360. The minimum absolute atomic E-state index is 0.507. The zero-order chi connectivity index (χ0) is 21.9. The molecule has 32 heavy (non-hydrogen) atoms. The number of fused-ring (bicyclic) bond motifs is 1. The van der Waals surface area contributed by atoms with E-state index in [2.05, 4.69) is 44.4 Å². The Labute approximate surface area is 198 Å². The standard InChI is InChI=1S/C23H18ClN5OS2/c1-31-19-7-6-15-10-17(21(24)26-20(15)11-19)14-32-23-28-27-22(16-4-2-8-25-12-16)29(23)13-18-5-3-9-30-18/h2-12H,13-14H2,1H3. The number of hydrogen-bond donors (Lipinski definition) is 0. The van der Waals surface area contributed by atoms with Gasteiger partial charge >= 0.3 is 0 Å². The average Bonchev–Trinajstić information content (AvgIpc) is 3.48. The van der Waals surface area contributed by atoms with E-state index in [1.54, 1.807) is 42.2 Å². The molecule has 5 aromatic rings. The fraction of sp³-hybridized carbons (Fsp3) is 0.130. The Kier molecular flexibility index (Phi) is 6.16. The van der Waals surface area contributed by atoms with E-state index in [9.17, 15) is 0 Å². The van der Waals surface area contributed by atoms with E-state index in [1.165, 1.54) is 0 Å². The van der Waals surface area contributed by atoms with Crippen LogP contribution in [0.25, 0.3) is 22.3 Å². The number of rotatable bonds is 7. The fourth-order valence-corrected chi connectivity index (χ4v) is 4.98. The van der Waals surface area contributed by atoms with Crippen molar-refractivity contribution in [1.82, 2.24) is 24.7 Å². The summed E-state index contributed by atoms with van der Waals surface area (Å²) in [7, 11) is 0. The van der Waals surface area contributed by atoms with Crippen LogP contribution in [0.1, 0.15) is 11.3 Å². The summed E-state index contributed by atoms with van der Waals surface area (Å²) in [5, 5.41) is 11.2. The lowest BCUT2D eigenvalue weighted by Crippen LogP contribution is -2.03. The maximum absolute atomic E-state index is 6.52. The summed E-state index contributed by atoms with van der Waals surface area (Å²) in [5.74, 6) is 2.19. The molecule has 0 radical (unpaired) electrons. The van der Waals surface area contributed by atoms with Crippen LogP contribution in [0.5, 0.6) is 0 Å². The van der Waals surface area contributed by atoms with E-state index in [1.807, 2.05) is 35.1 Å². The summed E-state index contributed by atoms with van der Waals surface area (Å²) >= 11 is 9.78. The first-order valence-electron chi connectivity index (χ1n) is 9.83. The van der Waals surface area contributed by atoms with Crippen molar-refractivity contribution in [3.63, 3.8) is 0 Å². The number of benzene rings is 1. The SMILES string of the molecule is CSc1ccc2cc(CSc3nnc(-c4cccnc4)n3Cc3ccco3)c(Cl)nc2c1. The first-order valence-corrected chi connectivity index (χ1v) is 12.4. The van der Waals surface area contributed by atoms with Gasteiger partial charge in [0.05, 0.1) is 18.3 Å². The van der Waals surface area contributed by atoms with Crippen molar-refractivity contribution in [3.8, 4) is 11.4 Å². The topological polar surface area (TPSA) is 69.6 Å². The van der Waals surface area contributed by atoms with E-state index in [0.717, 1.165) is 43.7 Å². The van der Waals surface area contributed by atoms with Crippen molar-refractivity contribution in [3.05, 3.63) is 83.7 Å². The largest absolute Gasteiger partial charge is 0.467 e. The number of nitrogens with zero attached hydrogens (tertiary/aromatic N) is 5. The van der Waals surface area contributed by atoms with Gasteiger partial charge in [-0.1, -0.05) is 29.4 Å². The Morgan fingerprint density at radius 3 is 2.81 bits per heavy atom. The lowest BCUT2D eigenvalue weighted by Gasteiger charge is -2.10. The molecule has 0 spiro atoms. The zero-order valence-corrected chi connectivity index (χ0v) is 19.5. The average molecular weight is 480 g/mol. The highest BCUT2D eigenvalue weighted by Crippen LogP contribution is 2.31. The molecule has 9 heteroatoms. The molecule has 0 saturated heterocycles. The number of hydrogen-bond acceptors (Lipinski definition) is 7. The van der Waals surface area contributed by atoms with E-state index in [0.29, 0.717) is 17.5 Å². The van der Waals surface area contributed by atoms with Crippen LogP contribution in [0.3, 0.4) is 0 Å². The van der Waals surface area contributed by atoms with Crippen LogP contribution in [-0.4, -0.2) is 31.0 Å². The molecule has 0 bridgehead atoms. The van der Waals surface area contributed by atoms with Crippen molar-refractivity contribution in [2.24, 2.45) is 0 Å². The molecule has 0 atom stereocenters. The number of pyridine rings is 2. The van der Waals surface area contributed by atoms with Gasteiger partial charge in [-0.05, 0) is 48.7 Å². The molecule has 160 valence electrons. The van der Waals surface area contributed by atoms with Crippen LogP contribution in [0.4, 0.5) is 0 Å². The Hall–Kier alpha value is -2.81. The third kappa shape index (κ3) is 4.39. The molecular weight excluding hydrogens is 462 g/mol. The van der Waals surface area contributed by atoms with Crippen molar-refractivity contribution < 1.29 is 4.42 Å². The summed E-state index contributed by atoms with van der Waals surface area (Å²) in [6.07, 6.45) is 7.24. The van der Waals surface area contributed by atoms with Gasteiger partial charge in [-0.3, -0.25) is 9.55 Å². The second kappa shape index (κ2) is 9.36. The Balaban J connectivity index is 1.45. The van der Waals surface area contributed by atoms with Crippen LogP contribution in [-0.2, 0) is 12.3 Å². The van der Waals surface area contributed by atoms with Gasteiger partial charge in [-0.25, -0.2) is 4.98 Å². The molecule has 0 fully saturated rings. The quantitative estimate of drug-likeness (QED) is 0.203. The van der Waals surface area contributed by atoms with Gasteiger partial charge in [0.25, 0.3) is 0 Å². The summed E-state index contributed by atoms with van der Waals surface area (Å²) in [5.41, 5.74) is 2.75. The van der Waals surface area contributed by atoms with E-state index >= 15 is 0 Å². The number of furan rings is 1. The second-order valence-corrected chi connectivity index (χ2v) is 9.18. The lowest BCUT2D eigenvalue weighted by atomic mass is 10.2. The van der Waals surface area contributed by atoms with Gasteiger partial charge in [-0.2, -0.15) is 0 Å². The number of thioether (sulfide) groups is 2. The summed E-state index contributed by atoms with van der Waals surface area (Å²) in [4.78, 5) is 9.99. The first kappa shape index (κ1) is 21.1. The van der Waals surface area contributed by atoms with Gasteiger partial charge in [0.1, 0.15) is 10.9 Å². The molecule has 4 aromatic heterocycles. The third-order valence-electron chi connectivity index (χ3n) is 4.94. The van der Waals surface area contributed by atoms with Crippen molar-refractivity contribution in [2.45, 2.75) is 22.3 Å². The molecule has 0 aliphatic heterocycles. The lowest BCUT2D eigenvalue weighted by molar-refractivity contribution is 0.485. The molecule has 0 aliphatic carbocycles. The molecule has 0 amide bonds. The monoisotopic (exact) mass is 479 g/mol. The molecule has 0 N–H and O–H groups in total. The minimum Gasteiger partial charge on any atom is -0.467 e. The molecule has 5 rings (SSSR count). The van der Waals surface area contributed by atoms with E-state index < -0.39 is 0 Å². The van der Waals surface area contributed by atoms with Gasteiger partial charge in [0, 0.05) is 39.6 Å². The van der Waals surface area contributed by atoms with Crippen molar-refractivity contribution in [1.29, 1.82) is 0 Å². The van der Waals surface area contributed by atoms with Gasteiger partial charge in [0.2, 0.25) is 0 Å². The molecule has 0 unspecified atom stereocenters. The highest BCUT2D eigenvalue weighted by atomic mass is 35.5. The summed E-state index contributed by atoms with van der Waals surface area (Å²) in [6.45, 7) is 0.522. The second-order valence-electron chi connectivity index (χ2n) is 7.00. The predicted molar refractivity (Wildman–Crippen MR) is 129 cm³/mol. The van der Waals surface area contributed by atoms with Gasteiger partial charge < -0.3 is 4.42 Å². The molecule has 4 heterocycles. The number of aromatic nitrogens is 5. The Morgan fingerprint density at radius 2 is 2.03 bits per heavy atom. The molecule has 1 aromatic carbocycles. The van der Waals surface area contributed by atoms with Crippen LogP contribution < -0.4 is 0 Å². The maximum atomic E-state index is 6.52. The van der Waals surface area contributed by atoms with Gasteiger partial charge in [0.15, 0.2) is 11.0 Å². The molecule has 6 nitrogen and oxygen atoms in total. The fourth-order valence-electron chi connectivity index (χ4n) is 3.34. The van der Waals surface area contributed by atoms with Gasteiger partial charge in [-0.15, -0.1) is 22.0 Å². The predicted octanol–water partition coefficient (Wildman–Crippen LogP) is 6.20. The highest BCUT2D eigenvalue weighted by molar-refractivity contribution is 7.98. The number of halogens is 1. The van der Waals surface area contributed by atoms with Crippen LogP contribution >= 0.6 is 35.1 Å². The van der Waals surface area contributed by atoms with Crippen molar-refractivity contribution >= 4 is 46.0 Å². The molecule has 0 aliphatic rings. The van der Waals surface area contributed by atoms with Crippen LogP contribution in [0.15, 0.2) is 81.7 Å². The van der Waals surface area contributed by atoms with Crippen molar-refractivity contribution in [2.75, 3.05) is 6.26 Å². The Morgan fingerprint density at radius 1 is 1.09 bits per heavy atom. The zero-order valence-electron chi connectivity index (χ0n) is 17.1. The third-order valence-corrected chi connectivity index (χ3v) is 7.01. The van der Waals surface area contributed by atoms with Crippen LogP contribution in [0.2, 0.25) is 5.15 Å².